The molecular formula is C63H89N7O3S. The van der Waals surface area contributed by atoms with Crippen LogP contribution in [0.2, 0.25) is 0 Å². The Morgan fingerprint density at radius 3 is 2.09 bits per heavy atom. The van der Waals surface area contributed by atoms with Crippen LogP contribution in [-0.4, -0.2) is 110 Å². The summed E-state index contributed by atoms with van der Waals surface area (Å²) in [5, 5.41) is 14.6. The number of aliphatic hydroxyl groups excluding tert-OH is 1. The van der Waals surface area contributed by atoms with Gasteiger partial charge in [0.2, 0.25) is 0 Å². The van der Waals surface area contributed by atoms with Gasteiger partial charge in [-0.05, 0) is 117 Å². The first-order valence-corrected chi connectivity index (χ1v) is 29.0. The van der Waals surface area contributed by atoms with Gasteiger partial charge in [0, 0.05) is 105 Å². The van der Waals surface area contributed by atoms with Gasteiger partial charge in [0.25, 0.3) is 0 Å². The smallest absolute Gasteiger partial charge is 0.144 e. The molecule has 1 fully saturated rings. The fraction of sp³-hybridized carbons (Fsp3) is 0.460. The van der Waals surface area contributed by atoms with E-state index in [1.807, 2.05) is 58.3 Å². The molecule has 400 valence electrons. The third-order valence-electron chi connectivity index (χ3n) is 14.1. The third-order valence-corrected chi connectivity index (χ3v) is 14.1. The molecule has 3 aliphatic rings. The van der Waals surface area contributed by atoms with Crippen molar-refractivity contribution in [1.29, 1.82) is 0 Å². The Bertz CT molecular complexity index is 2800. The quantitative estimate of drug-likeness (QED) is 0.0840. The molecule has 3 unspecified atom stereocenters. The van der Waals surface area contributed by atoms with Gasteiger partial charge in [-0.2, -0.15) is 0 Å². The number of aliphatic hydroxyl groups is 1. The zero-order valence-corrected chi connectivity index (χ0v) is 48.6. The molecule has 2 aromatic carbocycles. The minimum Gasteiger partial charge on any atom is -0.391 e. The molecule has 3 atom stereocenters. The Hall–Kier alpha value is -5.91. The van der Waals surface area contributed by atoms with Crippen molar-refractivity contribution < 1.29 is 13.5 Å². The van der Waals surface area contributed by atoms with Gasteiger partial charge in [0.1, 0.15) is 21.2 Å². The summed E-state index contributed by atoms with van der Waals surface area (Å²) < 4.78 is 19.3. The Morgan fingerprint density at radius 1 is 0.932 bits per heavy atom. The number of anilines is 1. The van der Waals surface area contributed by atoms with Gasteiger partial charge in [-0.3, -0.25) is 15.0 Å². The van der Waals surface area contributed by atoms with Crippen molar-refractivity contribution in [3.05, 3.63) is 138 Å². The molecule has 1 spiro atoms. The first-order chi connectivity index (χ1) is 35.1. The number of likely N-dealkylation sites (N-methyl/N-ethyl adjacent to an activating group) is 1. The number of sulfone groups is 1. The Balaban J connectivity index is 0.000000603. The minimum atomic E-state index is -2.67. The van der Waals surface area contributed by atoms with E-state index in [0.29, 0.717) is 0 Å². The number of pyridine rings is 2. The van der Waals surface area contributed by atoms with E-state index in [1.165, 1.54) is 25.7 Å². The Morgan fingerprint density at radius 2 is 1.54 bits per heavy atom. The standard InChI is InChI=1S/C49H55N7O.C10H22.C2H6O2S.C2H6/c1-10-33(28-50-6)40-21-23-43(52-32(40)3)38-18-13-16-36(26-38)42-31-56(9)48(4,5)49(42)27-39(29-51-49)41-22-24-44(53-47(41)54-45-19-14-20-46(45)57)37-17-12-15-35(25-37)34(11-2)30-55(7)8;1-5-7-10(8-6-2)9(3)4;1-5(2,3)4;1-2/h10-13,15-18,21-31,45-46,57H,2,14,19-20H2,1,3-9H3,(H,53,54);9-10H,5-8H2,1-4H3;1-2H3;1-2H3/b33-10+,34-30+,50-28?;;;. The van der Waals surface area contributed by atoms with Gasteiger partial charge in [-0.1, -0.05) is 128 Å². The summed E-state index contributed by atoms with van der Waals surface area (Å²) in [6.07, 6.45) is 24.5. The predicted molar refractivity (Wildman–Crippen MR) is 321 cm³/mol. The van der Waals surface area contributed by atoms with E-state index in [-0.39, 0.29) is 11.6 Å². The molecule has 0 radical (unpaired) electrons. The van der Waals surface area contributed by atoms with E-state index < -0.39 is 21.5 Å². The fourth-order valence-corrected chi connectivity index (χ4v) is 9.94. The molecule has 1 saturated carbocycles. The maximum atomic E-state index is 10.9. The lowest BCUT2D eigenvalue weighted by molar-refractivity contribution is 0.171. The van der Waals surface area contributed by atoms with Crippen molar-refractivity contribution in [2.75, 3.05) is 46.0 Å². The second kappa shape index (κ2) is 27.6. The van der Waals surface area contributed by atoms with Crippen LogP contribution < -0.4 is 5.32 Å². The zero-order valence-electron chi connectivity index (χ0n) is 47.8. The summed E-state index contributed by atoms with van der Waals surface area (Å²) in [6.45, 7) is 25.9. The lowest BCUT2D eigenvalue weighted by Crippen LogP contribution is -2.51. The first kappa shape index (κ1) is 60.6. The zero-order chi connectivity index (χ0) is 55.0. The van der Waals surface area contributed by atoms with Gasteiger partial charge < -0.3 is 20.2 Å². The van der Waals surface area contributed by atoms with E-state index in [2.05, 4.69) is 175 Å². The number of aliphatic imine (C=N–C) groups is 2. The van der Waals surface area contributed by atoms with Gasteiger partial charge >= 0.3 is 0 Å². The SMILES string of the molecule is C=C/C(=C\N(C)C)c1cccc(-c2ccc(C3=CC4(N=C3)C(c3cccc(-c5ccc(/C(C=NC)=C/C)c(C)n5)c3)=CN(C)C4(C)C)c(NC3CCCC3O)n2)c1.CC.CCCC(CCC)C(C)C.CS(C)(=O)=O. The second-order valence-corrected chi connectivity index (χ2v) is 23.1. The summed E-state index contributed by atoms with van der Waals surface area (Å²) in [4.78, 5) is 24.3. The highest BCUT2D eigenvalue weighted by molar-refractivity contribution is 7.89. The number of aromatic nitrogens is 2. The molecule has 7 rings (SSSR count). The van der Waals surface area contributed by atoms with E-state index >= 15 is 0 Å². The summed E-state index contributed by atoms with van der Waals surface area (Å²) in [6, 6.07) is 25.5. The van der Waals surface area contributed by atoms with E-state index in [9.17, 15) is 13.5 Å². The molecule has 74 heavy (non-hydrogen) atoms. The van der Waals surface area contributed by atoms with Gasteiger partial charge in [0.05, 0.1) is 29.1 Å². The molecule has 2 N–H and O–H groups in total. The highest BCUT2D eigenvalue weighted by Gasteiger charge is 2.54. The molecule has 4 aromatic rings. The molecule has 4 heterocycles. The van der Waals surface area contributed by atoms with Gasteiger partial charge in [-0.15, -0.1) is 0 Å². The summed E-state index contributed by atoms with van der Waals surface area (Å²) >= 11 is 0. The highest BCUT2D eigenvalue weighted by Crippen LogP contribution is 2.52. The minimum absolute atomic E-state index is 0.0796. The fourth-order valence-electron chi connectivity index (χ4n) is 9.94. The second-order valence-electron chi connectivity index (χ2n) is 20.8. The van der Waals surface area contributed by atoms with Crippen LogP contribution in [0.5, 0.6) is 0 Å². The number of benzene rings is 2. The molecule has 10 nitrogen and oxygen atoms in total. The average Bonchev–Trinajstić information content (AvgIpc) is 4.05. The number of hydrogen-bond donors (Lipinski definition) is 2. The van der Waals surface area contributed by atoms with Crippen LogP contribution in [-0.2, 0) is 9.84 Å². The maximum Gasteiger partial charge on any atom is 0.144 e. The average molecular weight is 1020 g/mol. The normalized spacial score (nSPS) is 19.1. The number of rotatable bonds is 16. The molecule has 0 saturated heterocycles. The van der Waals surface area contributed by atoms with Crippen molar-refractivity contribution in [1.82, 2.24) is 19.8 Å². The molecule has 0 bridgehead atoms. The maximum absolute atomic E-state index is 10.9. The molecule has 11 heteroatoms. The Labute approximate surface area is 447 Å². The molecular weight excluding hydrogens is 935 g/mol. The number of nitrogens with zero attached hydrogens (tertiary/aromatic N) is 6. The summed E-state index contributed by atoms with van der Waals surface area (Å²) in [5.74, 6) is 2.62. The van der Waals surface area contributed by atoms with Crippen molar-refractivity contribution in [3.8, 4) is 22.5 Å². The van der Waals surface area contributed by atoms with Crippen LogP contribution in [0.25, 0.3) is 44.8 Å². The predicted octanol–water partition coefficient (Wildman–Crippen LogP) is 14.2. The summed E-state index contributed by atoms with van der Waals surface area (Å²) in [5.41, 5.74) is 12.2. The number of nitrogens with one attached hydrogen (secondary N) is 1. The van der Waals surface area contributed by atoms with Crippen LogP contribution in [0.3, 0.4) is 0 Å². The Kier molecular flexibility index (Phi) is 22.6. The van der Waals surface area contributed by atoms with Crippen molar-refractivity contribution >= 4 is 50.4 Å². The lowest BCUT2D eigenvalue weighted by Gasteiger charge is -2.41. The van der Waals surface area contributed by atoms with E-state index in [0.717, 1.165) is 122 Å². The van der Waals surface area contributed by atoms with Crippen LogP contribution >= 0.6 is 0 Å². The summed E-state index contributed by atoms with van der Waals surface area (Å²) in [7, 11) is 5.28. The van der Waals surface area contributed by atoms with Crippen LogP contribution in [0.15, 0.2) is 120 Å². The molecule has 1 aliphatic carbocycles. The first-order valence-electron chi connectivity index (χ1n) is 26.7. The lowest BCUT2D eigenvalue weighted by atomic mass is 9.74. The van der Waals surface area contributed by atoms with Gasteiger partial charge in [0.15, 0.2) is 0 Å². The van der Waals surface area contributed by atoms with E-state index in [1.54, 1.807) is 7.05 Å². The third kappa shape index (κ3) is 15.3. The highest BCUT2D eigenvalue weighted by atomic mass is 32.2. The molecule has 2 aromatic heterocycles. The van der Waals surface area contributed by atoms with Crippen LogP contribution in [0, 0.1) is 18.8 Å². The van der Waals surface area contributed by atoms with E-state index in [4.69, 9.17) is 15.0 Å². The van der Waals surface area contributed by atoms with Crippen LogP contribution in [0.4, 0.5) is 5.82 Å². The van der Waals surface area contributed by atoms with Crippen molar-refractivity contribution in [3.63, 3.8) is 0 Å². The molecule has 0 amide bonds. The number of allylic oxidation sites excluding steroid dienone is 5. The van der Waals surface area contributed by atoms with Crippen molar-refractivity contribution in [2.24, 2.45) is 21.8 Å². The topological polar surface area (TPSA) is 123 Å². The van der Waals surface area contributed by atoms with Crippen molar-refractivity contribution in [2.45, 2.75) is 137 Å². The number of hydrogen-bond acceptors (Lipinski definition) is 10. The molecule has 2 aliphatic heterocycles. The number of aryl methyl sites for hydroxylation is 1. The largest absolute Gasteiger partial charge is 0.391 e. The monoisotopic (exact) mass is 1020 g/mol. The van der Waals surface area contributed by atoms with Crippen LogP contribution in [0.1, 0.15) is 135 Å². The van der Waals surface area contributed by atoms with Gasteiger partial charge in [-0.25, -0.2) is 13.4 Å².